The van der Waals surface area contributed by atoms with Gasteiger partial charge in [0.1, 0.15) is 5.60 Å². The molecule has 0 spiro atoms. The standard InChI is InChI=1S/C16H21N3O3/c1-16(21,13-8-18-19(2)9-13)11-17-15(20)14-7-5-4-6-12(14)10-22-3/h4-9,21H,10-11H2,1-3H3,(H,17,20). The lowest BCUT2D eigenvalue weighted by Crippen LogP contribution is -2.38. The Kier molecular flexibility index (Phi) is 4.95. The average Bonchev–Trinajstić information content (AvgIpc) is 2.93. The van der Waals surface area contributed by atoms with Crippen LogP contribution in [0.3, 0.4) is 0 Å². The van der Waals surface area contributed by atoms with Crippen molar-refractivity contribution in [1.82, 2.24) is 15.1 Å². The number of ether oxygens (including phenoxy) is 1. The summed E-state index contributed by atoms with van der Waals surface area (Å²) in [6.07, 6.45) is 3.32. The van der Waals surface area contributed by atoms with Crippen LogP contribution in [0.25, 0.3) is 0 Å². The second-order valence-corrected chi connectivity index (χ2v) is 5.45. The van der Waals surface area contributed by atoms with E-state index in [0.717, 1.165) is 5.56 Å². The number of carbonyl (C=O) groups is 1. The fourth-order valence-corrected chi connectivity index (χ4v) is 2.17. The zero-order chi connectivity index (χ0) is 16.2. The number of rotatable bonds is 6. The summed E-state index contributed by atoms with van der Waals surface area (Å²) in [6, 6.07) is 7.24. The number of hydrogen-bond donors (Lipinski definition) is 2. The van der Waals surface area contributed by atoms with Crippen LogP contribution in [0.15, 0.2) is 36.7 Å². The zero-order valence-corrected chi connectivity index (χ0v) is 13.0. The Morgan fingerprint density at radius 3 is 2.82 bits per heavy atom. The molecule has 0 bridgehead atoms. The van der Waals surface area contributed by atoms with Crippen molar-refractivity contribution >= 4 is 5.91 Å². The minimum absolute atomic E-state index is 0.0961. The first kappa shape index (κ1) is 16.2. The summed E-state index contributed by atoms with van der Waals surface area (Å²) in [5.41, 5.74) is 0.829. The molecule has 0 saturated heterocycles. The average molecular weight is 303 g/mol. The molecule has 1 aromatic carbocycles. The molecule has 0 aliphatic carbocycles. The fourth-order valence-electron chi connectivity index (χ4n) is 2.17. The highest BCUT2D eigenvalue weighted by Crippen LogP contribution is 2.19. The monoisotopic (exact) mass is 303 g/mol. The molecule has 1 atom stereocenters. The van der Waals surface area contributed by atoms with Crippen LogP contribution in [0.1, 0.15) is 28.4 Å². The molecular formula is C16H21N3O3. The van der Waals surface area contributed by atoms with Gasteiger partial charge in [-0.2, -0.15) is 5.10 Å². The van der Waals surface area contributed by atoms with Crippen molar-refractivity contribution in [2.75, 3.05) is 13.7 Å². The normalized spacial score (nSPS) is 13.6. The first-order valence-corrected chi connectivity index (χ1v) is 7.00. The number of benzene rings is 1. The van der Waals surface area contributed by atoms with E-state index in [-0.39, 0.29) is 12.5 Å². The largest absolute Gasteiger partial charge is 0.383 e. The van der Waals surface area contributed by atoms with E-state index < -0.39 is 5.60 Å². The smallest absolute Gasteiger partial charge is 0.251 e. The summed E-state index contributed by atoms with van der Waals surface area (Å²) in [6.45, 7) is 2.10. The van der Waals surface area contributed by atoms with Gasteiger partial charge in [0, 0.05) is 31.5 Å². The molecule has 0 aliphatic rings. The lowest BCUT2D eigenvalue weighted by atomic mass is 9.99. The third-order valence-electron chi connectivity index (χ3n) is 3.48. The Hall–Kier alpha value is -2.18. The molecule has 1 amide bonds. The predicted molar refractivity (Wildman–Crippen MR) is 82.3 cm³/mol. The Balaban J connectivity index is 2.06. The number of carbonyl (C=O) groups excluding carboxylic acids is 1. The molecule has 22 heavy (non-hydrogen) atoms. The van der Waals surface area contributed by atoms with Gasteiger partial charge in [0.05, 0.1) is 19.3 Å². The SMILES string of the molecule is COCc1ccccc1C(=O)NCC(C)(O)c1cnn(C)c1. The topological polar surface area (TPSA) is 76.4 Å². The minimum Gasteiger partial charge on any atom is -0.383 e. The molecule has 1 aromatic heterocycles. The van der Waals surface area contributed by atoms with Crippen molar-refractivity contribution in [3.05, 3.63) is 53.3 Å². The summed E-state index contributed by atoms with van der Waals surface area (Å²) in [4.78, 5) is 12.3. The number of amides is 1. The number of hydrogen-bond acceptors (Lipinski definition) is 4. The van der Waals surface area contributed by atoms with E-state index >= 15 is 0 Å². The maximum atomic E-state index is 12.3. The lowest BCUT2D eigenvalue weighted by molar-refractivity contribution is 0.0525. The van der Waals surface area contributed by atoms with Crippen LogP contribution >= 0.6 is 0 Å². The van der Waals surface area contributed by atoms with Crippen molar-refractivity contribution < 1.29 is 14.6 Å². The fraction of sp³-hybridized carbons (Fsp3) is 0.375. The van der Waals surface area contributed by atoms with Gasteiger partial charge in [-0.05, 0) is 18.6 Å². The van der Waals surface area contributed by atoms with Crippen molar-refractivity contribution in [2.45, 2.75) is 19.1 Å². The van der Waals surface area contributed by atoms with Gasteiger partial charge >= 0.3 is 0 Å². The van der Waals surface area contributed by atoms with E-state index in [1.54, 1.807) is 50.3 Å². The van der Waals surface area contributed by atoms with E-state index in [2.05, 4.69) is 10.4 Å². The van der Waals surface area contributed by atoms with Gasteiger partial charge in [0.25, 0.3) is 5.91 Å². The van der Waals surface area contributed by atoms with Crippen LogP contribution in [0.5, 0.6) is 0 Å². The molecule has 1 heterocycles. The first-order chi connectivity index (χ1) is 10.4. The van der Waals surface area contributed by atoms with Gasteiger partial charge in [-0.15, -0.1) is 0 Å². The van der Waals surface area contributed by atoms with Crippen molar-refractivity contribution in [2.24, 2.45) is 7.05 Å². The maximum absolute atomic E-state index is 12.3. The van der Waals surface area contributed by atoms with Crippen LogP contribution in [-0.4, -0.2) is 34.4 Å². The number of methoxy groups -OCH3 is 1. The van der Waals surface area contributed by atoms with Crippen LogP contribution in [-0.2, 0) is 24.0 Å². The van der Waals surface area contributed by atoms with Crippen LogP contribution in [0, 0.1) is 0 Å². The quantitative estimate of drug-likeness (QED) is 0.841. The van der Waals surface area contributed by atoms with Crippen LogP contribution < -0.4 is 5.32 Å². The second kappa shape index (κ2) is 6.72. The minimum atomic E-state index is -1.18. The van der Waals surface area contributed by atoms with E-state index in [9.17, 15) is 9.90 Å². The van der Waals surface area contributed by atoms with E-state index in [4.69, 9.17) is 4.74 Å². The van der Waals surface area contributed by atoms with E-state index in [1.165, 1.54) is 0 Å². The molecule has 0 aliphatic heterocycles. The molecule has 6 heteroatoms. The Morgan fingerprint density at radius 1 is 1.45 bits per heavy atom. The molecule has 0 fully saturated rings. The molecule has 2 rings (SSSR count). The Morgan fingerprint density at radius 2 is 2.18 bits per heavy atom. The summed E-state index contributed by atoms with van der Waals surface area (Å²) in [5.74, 6) is -0.239. The van der Waals surface area contributed by atoms with Crippen LogP contribution in [0.2, 0.25) is 0 Å². The number of nitrogens with one attached hydrogen (secondary N) is 1. The van der Waals surface area contributed by atoms with E-state index in [1.807, 2.05) is 12.1 Å². The van der Waals surface area contributed by atoms with Gasteiger partial charge in [0.2, 0.25) is 0 Å². The zero-order valence-electron chi connectivity index (χ0n) is 13.0. The molecule has 2 aromatic rings. The molecule has 1 unspecified atom stereocenters. The number of nitrogens with zero attached hydrogens (tertiary/aromatic N) is 2. The molecule has 0 radical (unpaired) electrons. The Labute approximate surface area is 129 Å². The highest BCUT2D eigenvalue weighted by molar-refractivity contribution is 5.95. The highest BCUT2D eigenvalue weighted by atomic mass is 16.5. The first-order valence-electron chi connectivity index (χ1n) is 7.00. The molecule has 118 valence electrons. The second-order valence-electron chi connectivity index (χ2n) is 5.45. The van der Waals surface area contributed by atoms with Crippen LogP contribution in [0.4, 0.5) is 0 Å². The Bertz CT molecular complexity index is 650. The summed E-state index contributed by atoms with van der Waals surface area (Å²) in [5, 5.41) is 17.3. The number of aliphatic hydroxyl groups is 1. The number of aromatic nitrogens is 2. The molecule has 0 saturated carbocycles. The summed E-state index contributed by atoms with van der Waals surface area (Å²) < 4.78 is 6.71. The molecular weight excluding hydrogens is 282 g/mol. The molecule has 2 N–H and O–H groups in total. The van der Waals surface area contributed by atoms with Gasteiger partial charge in [-0.1, -0.05) is 18.2 Å². The van der Waals surface area contributed by atoms with Gasteiger partial charge in [-0.3, -0.25) is 9.48 Å². The lowest BCUT2D eigenvalue weighted by Gasteiger charge is -2.22. The van der Waals surface area contributed by atoms with Gasteiger partial charge < -0.3 is 15.2 Å². The maximum Gasteiger partial charge on any atom is 0.251 e. The third kappa shape index (κ3) is 3.72. The highest BCUT2D eigenvalue weighted by Gasteiger charge is 2.26. The third-order valence-corrected chi connectivity index (χ3v) is 3.48. The van der Waals surface area contributed by atoms with Crippen molar-refractivity contribution in [1.29, 1.82) is 0 Å². The summed E-state index contributed by atoms with van der Waals surface area (Å²) >= 11 is 0. The van der Waals surface area contributed by atoms with Gasteiger partial charge in [-0.25, -0.2) is 0 Å². The van der Waals surface area contributed by atoms with Gasteiger partial charge in [0.15, 0.2) is 0 Å². The van der Waals surface area contributed by atoms with Crippen molar-refractivity contribution in [3.8, 4) is 0 Å². The predicted octanol–water partition coefficient (Wildman–Crippen LogP) is 1.20. The van der Waals surface area contributed by atoms with E-state index in [0.29, 0.717) is 17.7 Å². The van der Waals surface area contributed by atoms with Crippen molar-refractivity contribution in [3.63, 3.8) is 0 Å². The summed E-state index contributed by atoms with van der Waals surface area (Å²) in [7, 11) is 3.36. The molecule has 6 nitrogen and oxygen atoms in total. The number of aryl methyl sites for hydroxylation is 1.